The molecule has 138 valence electrons. The third-order valence-electron chi connectivity index (χ3n) is 1.21. The summed E-state index contributed by atoms with van der Waals surface area (Å²) in [6.07, 6.45) is -31.0. The van der Waals surface area contributed by atoms with E-state index < -0.39 is 37.3 Å². The topological polar surface area (TPSA) is 74.2 Å². The third kappa shape index (κ3) is 8.67. The van der Waals surface area contributed by atoms with Crippen LogP contribution in [-0.4, -0.2) is 42.4 Å². The Kier molecular flexibility index (Phi) is 5.81. The predicted molar refractivity (Wildman–Crippen MR) is 37.8 cm³/mol. The quantitative estimate of drug-likeness (QED) is 0.517. The second-order valence-corrected chi connectivity index (χ2v) is 3.07. The van der Waals surface area contributed by atoms with Gasteiger partial charge in [-0.1, -0.05) is 0 Å². The first-order valence-electron chi connectivity index (χ1n) is 4.39. The van der Waals surface area contributed by atoms with Gasteiger partial charge in [0.2, 0.25) is 0 Å². The number of carboxylic acid groups (broad SMARTS) is 1. The summed E-state index contributed by atoms with van der Waals surface area (Å²) in [5.41, 5.74) is 0. The average Bonchev–Trinajstić information content (AvgIpc) is 2.04. The van der Waals surface area contributed by atoms with Crippen LogP contribution in [-0.2, 0) is 23.7 Å². The Bertz CT molecular complexity index is 431. The maximum absolute atomic E-state index is 12.4. The molecule has 0 heterocycles. The number of hydrogen-bond donors (Lipinski definition) is 1. The van der Waals surface area contributed by atoms with E-state index in [4.69, 9.17) is 5.11 Å². The zero-order chi connectivity index (χ0) is 18.9. The van der Waals surface area contributed by atoms with Crippen molar-refractivity contribution in [3.63, 3.8) is 0 Å². The van der Waals surface area contributed by atoms with E-state index in [2.05, 4.69) is 0 Å². The van der Waals surface area contributed by atoms with Crippen molar-refractivity contribution in [2.45, 2.75) is 31.4 Å². The van der Waals surface area contributed by atoms with Gasteiger partial charge in [0.05, 0.1) is 0 Å². The number of alkyl halides is 11. The number of ether oxygens (including phenoxy) is 4. The smallest absolute Gasteiger partial charge is 0.475 e. The lowest BCUT2D eigenvalue weighted by Gasteiger charge is -2.26. The molecule has 6 nitrogen and oxygen atoms in total. The Labute approximate surface area is 116 Å². The summed E-state index contributed by atoms with van der Waals surface area (Å²) < 4.78 is 140. The lowest BCUT2D eigenvalue weighted by atomic mass is 10.6. The Morgan fingerprint density at radius 3 is 1.22 bits per heavy atom. The molecule has 0 atom stereocenters. The molecule has 0 radical (unpaired) electrons. The predicted octanol–water partition coefficient (Wildman–Crippen LogP) is 2.90. The zero-order valence-corrected chi connectivity index (χ0v) is 9.65. The van der Waals surface area contributed by atoms with Gasteiger partial charge < -0.3 is 5.11 Å². The van der Waals surface area contributed by atoms with Gasteiger partial charge >= 0.3 is 37.3 Å². The highest BCUT2D eigenvalue weighted by atomic mass is 19.4. The number of carbonyl (C=O) groups is 1. The molecule has 0 saturated heterocycles. The van der Waals surface area contributed by atoms with Crippen LogP contribution in [0.5, 0.6) is 0 Å². The van der Waals surface area contributed by atoms with Crippen LogP contribution in [0.4, 0.5) is 48.3 Å². The van der Waals surface area contributed by atoms with Crippen molar-refractivity contribution < 1.29 is 77.1 Å². The molecule has 0 rings (SSSR count). The average molecular weight is 378 g/mol. The van der Waals surface area contributed by atoms with E-state index in [1.54, 1.807) is 4.74 Å². The van der Waals surface area contributed by atoms with Gasteiger partial charge in [-0.3, -0.25) is 0 Å². The maximum atomic E-state index is 12.4. The van der Waals surface area contributed by atoms with Gasteiger partial charge in [-0.2, -0.15) is 13.5 Å². The summed E-state index contributed by atoms with van der Waals surface area (Å²) in [6, 6.07) is 0. The van der Waals surface area contributed by atoms with Crippen LogP contribution < -0.4 is 0 Å². The van der Waals surface area contributed by atoms with Crippen LogP contribution in [0.25, 0.3) is 0 Å². The summed E-state index contributed by atoms with van der Waals surface area (Å²) in [4.78, 5) is 9.70. The van der Waals surface area contributed by atoms with Crippen LogP contribution in [0.3, 0.4) is 0 Å². The first-order chi connectivity index (χ1) is 9.77. The molecule has 17 heteroatoms. The van der Waals surface area contributed by atoms with Crippen molar-refractivity contribution >= 4 is 5.97 Å². The highest BCUT2D eigenvalue weighted by Gasteiger charge is 2.60. The Morgan fingerprint density at radius 2 is 0.913 bits per heavy atom. The van der Waals surface area contributed by atoms with Gasteiger partial charge in [0.15, 0.2) is 0 Å². The molecule has 23 heavy (non-hydrogen) atoms. The molecule has 0 amide bonds. The first kappa shape index (κ1) is 21.5. The normalized spacial score (nSPS) is 14.9. The number of aliphatic carboxylic acids is 1. The fourth-order valence-corrected chi connectivity index (χ4v) is 0.667. The molecule has 0 aliphatic rings. The standard InChI is InChI=1S/C6HF11O6/c7-2(8,1(18)19)20-4(12,13)22-6(16,17)23-5(14,15)21-3(9,10)11/h(H,18,19). The summed E-state index contributed by atoms with van der Waals surface area (Å²) in [5.74, 6) is -3.42. The minimum Gasteiger partial charge on any atom is -0.475 e. The number of carboxylic acids is 1. The van der Waals surface area contributed by atoms with Gasteiger partial charge in [-0.15, -0.1) is 39.5 Å². The van der Waals surface area contributed by atoms with Crippen LogP contribution in [0.15, 0.2) is 0 Å². The van der Waals surface area contributed by atoms with E-state index in [0.717, 1.165) is 0 Å². The molecule has 0 aromatic heterocycles. The van der Waals surface area contributed by atoms with Crippen LogP contribution >= 0.6 is 0 Å². The van der Waals surface area contributed by atoms with Crippen molar-refractivity contribution in [3.8, 4) is 0 Å². The fraction of sp³-hybridized carbons (Fsp3) is 0.833. The summed E-state index contributed by atoms with van der Waals surface area (Å²) in [6.45, 7) is 0. The van der Waals surface area contributed by atoms with Crippen LogP contribution in [0.1, 0.15) is 0 Å². The van der Waals surface area contributed by atoms with E-state index in [9.17, 15) is 53.1 Å². The van der Waals surface area contributed by atoms with Crippen molar-refractivity contribution in [1.82, 2.24) is 0 Å². The summed E-state index contributed by atoms with van der Waals surface area (Å²) in [5, 5.41) is 7.67. The van der Waals surface area contributed by atoms with Gasteiger partial charge in [0.25, 0.3) is 0 Å². The largest absolute Gasteiger partial charge is 0.529 e. The highest BCUT2D eigenvalue weighted by molar-refractivity contribution is 5.73. The van der Waals surface area contributed by atoms with Crippen LogP contribution in [0, 0.1) is 0 Å². The molecule has 0 unspecified atom stereocenters. The molecule has 1 N–H and O–H groups in total. The molecule has 0 aromatic rings. The van der Waals surface area contributed by atoms with Crippen molar-refractivity contribution in [1.29, 1.82) is 0 Å². The Balaban J connectivity index is 5.00. The summed E-state index contributed by atoms with van der Waals surface area (Å²) in [7, 11) is 0. The molecule has 0 aromatic carbocycles. The number of rotatable bonds is 8. The van der Waals surface area contributed by atoms with Crippen molar-refractivity contribution in [2.24, 2.45) is 0 Å². The van der Waals surface area contributed by atoms with Crippen molar-refractivity contribution in [2.75, 3.05) is 0 Å². The SMILES string of the molecule is O=C(O)C(F)(F)OC(F)(F)OC(F)(F)OC(F)(F)OC(F)(F)F. The maximum Gasteiger partial charge on any atom is 0.529 e. The van der Waals surface area contributed by atoms with E-state index in [-0.39, 0.29) is 0 Å². The molecule has 0 saturated carbocycles. The molecule has 0 aliphatic heterocycles. The minimum atomic E-state index is -6.38. The minimum absolute atomic E-state index is 1.67. The van der Waals surface area contributed by atoms with Gasteiger partial charge in [0.1, 0.15) is 0 Å². The molecular weight excluding hydrogens is 377 g/mol. The molecular formula is C6HF11O6. The van der Waals surface area contributed by atoms with E-state index in [1.165, 1.54) is 0 Å². The third-order valence-corrected chi connectivity index (χ3v) is 1.21. The molecule has 0 spiro atoms. The molecule has 0 aliphatic carbocycles. The first-order valence-corrected chi connectivity index (χ1v) is 4.39. The van der Waals surface area contributed by atoms with E-state index >= 15 is 0 Å². The molecule has 0 bridgehead atoms. The van der Waals surface area contributed by atoms with E-state index in [1.807, 2.05) is 14.2 Å². The fourth-order valence-electron chi connectivity index (χ4n) is 0.667. The number of halogens is 11. The Hall–Kier alpha value is -1.46. The zero-order valence-electron chi connectivity index (χ0n) is 9.65. The lowest BCUT2D eigenvalue weighted by Crippen LogP contribution is -2.47. The second-order valence-electron chi connectivity index (χ2n) is 3.07. The molecule has 0 fully saturated rings. The second kappa shape index (κ2) is 6.21. The van der Waals surface area contributed by atoms with Gasteiger partial charge in [-0.25, -0.2) is 19.0 Å². The number of hydrogen-bond acceptors (Lipinski definition) is 5. The monoisotopic (exact) mass is 378 g/mol. The van der Waals surface area contributed by atoms with Crippen LogP contribution in [0.2, 0.25) is 0 Å². The van der Waals surface area contributed by atoms with Crippen molar-refractivity contribution in [3.05, 3.63) is 0 Å². The lowest BCUT2D eigenvalue weighted by molar-refractivity contribution is -0.608. The summed E-state index contributed by atoms with van der Waals surface area (Å²) >= 11 is 0. The van der Waals surface area contributed by atoms with Gasteiger partial charge in [0, 0.05) is 0 Å². The van der Waals surface area contributed by atoms with Gasteiger partial charge in [-0.05, 0) is 0 Å². The van der Waals surface area contributed by atoms with E-state index in [0.29, 0.717) is 0 Å². The highest BCUT2D eigenvalue weighted by Crippen LogP contribution is 2.38. The Morgan fingerprint density at radius 1 is 0.609 bits per heavy atom.